The molecule has 0 saturated carbocycles. The minimum absolute atomic E-state index is 0.110. The predicted molar refractivity (Wildman–Crippen MR) is 155 cm³/mol. The highest BCUT2D eigenvalue weighted by atomic mass is 35.5. The lowest BCUT2D eigenvalue weighted by molar-refractivity contribution is 0.342. The molecule has 1 fully saturated rings. The number of anilines is 3. The van der Waals surface area contributed by atoms with E-state index in [9.17, 15) is 13.7 Å². The molecule has 3 aromatic heterocycles. The molecule has 39 heavy (non-hydrogen) atoms. The van der Waals surface area contributed by atoms with Gasteiger partial charge in [0, 0.05) is 55.3 Å². The highest BCUT2D eigenvalue weighted by Crippen LogP contribution is 2.40. The van der Waals surface area contributed by atoms with Crippen molar-refractivity contribution < 1.29 is 8.42 Å². The van der Waals surface area contributed by atoms with Gasteiger partial charge in [-0.15, -0.1) is 0 Å². The van der Waals surface area contributed by atoms with Gasteiger partial charge in [0.2, 0.25) is 0 Å². The van der Waals surface area contributed by atoms with Gasteiger partial charge in [-0.25, -0.2) is 18.4 Å². The van der Waals surface area contributed by atoms with Crippen LogP contribution in [0.3, 0.4) is 0 Å². The van der Waals surface area contributed by atoms with E-state index in [1.54, 1.807) is 30.1 Å². The molecule has 11 heteroatoms. The number of sulfone groups is 1. The SMILES string of the molecule is CC(C)c1ccc(N2C[C@H](CS(C)(=O)=O)[C@H]2C)c2cnc(Nc3ccc(C#N)c(-c4cn(C)nc4Cl)n3)cc12. The van der Waals surface area contributed by atoms with Crippen LogP contribution in [0.4, 0.5) is 17.3 Å². The molecule has 9 nitrogen and oxygen atoms in total. The minimum Gasteiger partial charge on any atom is -0.368 e. The first-order chi connectivity index (χ1) is 18.4. The van der Waals surface area contributed by atoms with E-state index < -0.39 is 9.84 Å². The molecule has 1 aliphatic rings. The lowest BCUT2D eigenvalue weighted by Crippen LogP contribution is -2.57. The van der Waals surface area contributed by atoms with Gasteiger partial charge in [-0.3, -0.25) is 4.68 Å². The molecule has 1 aliphatic heterocycles. The molecule has 0 radical (unpaired) electrons. The second-order valence-corrected chi connectivity index (χ2v) is 13.1. The lowest BCUT2D eigenvalue weighted by Gasteiger charge is -2.48. The monoisotopic (exact) mass is 563 g/mol. The maximum atomic E-state index is 11.8. The largest absolute Gasteiger partial charge is 0.368 e. The molecule has 1 N–H and O–H groups in total. The van der Waals surface area contributed by atoms with E-state index in [1.807, 2.05) is 12.3 Å². The summed E-state index contributed by atoms with van der Waals surface area (Å²) >= 11 is 6.29. The van der Waals surface area contributed by atoms with Crippen molar-refractivity contribution in [3.05, 3.63) is 59.0 Å². The average Bonchev–Trinajstić information content (AvgIpc) is 3.22. The number of rotatable bonds is 7. The highest BCUT2D eigenvalue weighted by molar-refractivity contribution is 7.90. The van der Waals surface area contributed by atoms with E-state index in [1.165, 1.54) is 11.8 Å². The zero-order valence-corrected chi connectivity index (χ0v) is 24.0. The van der Waals surface area contributed by atoms with Crippen LogP contribution in [0.2, 0.25) is 5.15 Å². The van der Waals surface area contributed by atoms with Crippen LogP contribution in [-0.2, 0) is 16.9 Å². The Hall–Kier alpha value is -3.68. The molecule has 0 unspecified atom stereocenters. The normalized spacial score (nSPS) is 17.3. The number of nitrogens with zero attached hydrogens (tertiary/aromatic N) is 6. The molecule has 202 valence electrons. The van der Waals surface area contributed by atoms with Crippen LogP contribution in [-0.4, -0.2) is 52.8 Å². The molecular formula is C28H30ClN7O2S. The first-order valence-corrected chi connectivity index (χ1v) is 15.1. The second-order valence-electron chi connectivity index (χ2n) is 10.5. The number of halogens is 1. The number of hydrogen-bond donors (Lipinski definition) is 1. The second kappa shape index (κ2) is 10.1. The van der Waals surface area contributed by atoms with E-state index in [2.05, 4.69) is 59.3 Å². The predicted octanol–water partition coefficient (Wildman–Crippen LogP) is 5.29. The van der Waals surface area contributed by atoms with Crippen molar-refractivity contribution in [2.45, 2.75) is 32.7 Å². The van der Waals surface area contributed by atoms with E-state index in [-0.39, 0.29) is 28.8 Å². The molecule has 4 heterocycles. The number of fused-ring (bicyclic) bond motifs is 1. The van der Waals surface area contributed by atoms with Crippen LogP contribution in [0.25, 0.3) is 22.0 Å². The zero-order chi connectivity index (χ0) is 28.1. The zero-order valence-electron chi connectivity index (χ0n) is 22.5. The van der Waals surface area contributed by atoms with Crippen molar-refractivity contribution in [1.82, 2.24) is 19.7 Å². The molecule has 2 atom stereocenters. The van der Waals surface area contributed by atoms with Gasteiger partial charge in [0.05, 0.1) is 22.6 Å². The summed E-state index contributed by atoms with van der Waals surface area (Å²) in [7, 11) is -1.27. The van der Waals surface area contributed by atoms with Crippen molar-refractivity contribution >= 4 is 49.5 Å². The first-order valence-electron chi connectivity index (χ1n) is 12.7. The molecule has 0 aliphatic carbocycles. The maximum absolute atomic E-state index is 11.8. The number of aryl methyl sites for hydroxylation is 1. The van der Waals surface area contributed by atoms with Gasteiger partial charge in [-0.05, 0) is 48.1 Å². The summed E-state index contributed by atoms with van der Waals surface area (Å²) in [5.41, 5.74) is 3.66. The number of hydrogen-bond acceptors (Lipinski definition) is 8. The molecule has 1 saturated heterocycles. The van der Waals surface area contributed by atoms with Crippen molar-refractivity contribution in [1.29, 1.82) is 5.26 Å². The van der Waals surface area contributed by atoms with Gasteiger partial charge in [0.15, 0.2) is 5.15 Å². The van der Waals surface area contributed by atoms with Crippen molar-refractivity contribution in [3.63, 3.8) is 0 Å². The van der Waals surface area contributed by atoms with Gasteiger partial charge in [-0.2, -0.15) is 10.4 Å². The van der Waals surface area contributed by atoms with Crippen LogP contribution in [0.5, 0.6) is 0 Å². The Bertz CT molecular complexity index is 1730. The van der Waals surface area contributed by atoms with Gasteiger partial charge in [0.25, 0.3) is 0 Å². The fraction of sp³-hybridized carbons (Fsp3) is 0.357. The third kappa shape index (κ3) is 5.29. The summed E-state index contributed by atoms with van der Waals surface area (Å²) in [6.45, 7) is 7.08. The van der Waals surface area contributed by atoms with Crippen molar-refractivity contribution in [2.75, 3.05) is 28.8 Å². The van der Waals surface area contributed by atoms with Crippen LogP contribution in [0, 0.1) is 17.2 Å². The Kier molecular flexibility index (Phi) is 6.99. The van der Waals surface area contributed by atoms with E-state index >= 15 is 0 Å². The number of benzene rings is 1. The quantitative estimate of drug-likeness (QED) is 0.322. The number of nitriles is 1. The third-order valence-electron chi connectivity index (χ3n) is 7.28. The molecule has 5 rings (SSSR count). The number of aromatic nitrogens is 4. The number of nitrogens with one attached hydrogen (secondary N) is 1. The maximum Gasteiger partial charge on any atom is 0.160 e. The van der Waals surface area contributed by atoms with Crippen LogP contribution in [0.1, 0.15) is 37.8 Å². The topological polar surface area (TPSA) is 117 Å². The summed E-state index contributed by atoms with van der Waals surface area (Å²) in [6, 6.07) is 12.0. The van der Waals surface area contributed by atoms with Crippen molar-refractivity contribution in [2.24, 2.45) is 13.0 Å². The van der Waals surface area contributed by atoms with Crippen LogP contribution >= 0.6 is 11.6 Å². The molecule has 0 bridgehead atoms. The first kappa shape index (κ1) is 26.9. The Labute approximate surface area is 233 Å². The standard InChI is InChI=1S/C28H30ClN7O2S/c1-16(2)20-7-8-24(36-13-19(17(36)3)15-39(5,37)38)22-12-31-26(10-21(20)22)32-25-9-6-18(11-30)27(33-25)23-14-35(4)34-28(23)29/h6-10,12,14,16-17,19H,13,15H2,1-5H3,(H,31,32,33)/t17-,19-/m1/s1. The van der Waals surface area contributed by atoms with Gasteiger partial charge in [-0.1, -0.05) is 31.5 Å². The Morgan fingerprint density at radius 2 is 1.97 bits per heavy atom. The molecule has 4 aromatic rings. The number of pyridine rings is 2. The summed E-state index contributed by atoms with van der Waals surface area (Å²) in [5, 5.41) is 19.4. The van der Waals surface area contributed by atoms with E-state index in [4.69, 9.17) is 16.6 Å². The Morgan fingerprint density at radius 3 is 2.59 bits per heavy atom. The fourth-order valence-corrected chi connectivity index (χ4v) is 6.65. The van der Waals surface area contributed by atoms with Crippen LogP contribution < -0.4 is 10.2 Å². The molecule has 0 amide bonds. The Balaban J connectivity index is 1.50. The minimum atomic E-state index is -3.03. The highest BCUT2D eigenvalue weighted by Gasteiger charge is 2.38. The fourth-order valence-electron chi connectivity index (χ4n) is 5.23. The smallest absolute Gasteiger partial charge is 0.160 e. The van der Waals surface area contributed by atoms with E-state index in [0.29, 0.717) is 35.0 Å². The van der Waals surface area contributed by atoms with Crippen molar-refractivity contribution in [3.8, 4) is 17.3 Å². The lowest BCUT2D eigenvalue weighted by atomic mass is 9.88. The molecule has 0 spiro atoms. The summed E-state index contributed by atoms with van der Waals surface area (Å²) in [4.78, 5) is 11.6. The van der Waals surface area contributed by atoms with Crippen LogP contribution in [0.15, 0.2) is 42.7 Å². The molecule has 1 aromatic carbocycles. The average molecular weight is 564 g/mol. The third-order valence-corrected chi connectivity index (χ3v) is 8.59. The van der Waals surface area contributed by atoms with E-state index in [0.717, 1.165) is 16.5 Å². The van der Waals surface area contributed by atoms with Gasteiger partial charge < -0.3 is 10.2 Å². The summed E-state index contributed by atoms with van der Waals surface area (Å²) < 4.78 is 25.2. The van der Waals surface area contributed by atoms with Gasteiger partial charge >= 0.3 is 0 Å². The summed E-state index contributed by atoms with van der Waals surface area (Å²) in [5.74, 6) is 1.74. The summed E-state index contributed by atoms with van der Waals surface area (Å²) in [6.07, 6.45) is 4.89. The molecular weight excluding hydrogens is 534 g/mol. The van der Waals surface area contributed by atoms with Gasteiger partial charge in [0.1, 0.15) is 27.5 Å². The Morgan fingerprint density at radius 1 is 1.21 bits per heavy atom.